The monoisotopic (exact) mass is 614 g/mol. The second kappa shape index (κ2) is 14.3. The number of benzene rings is 2. The van der Waals surface area contributed by atoms with Crippen molar-refractivity contribution in [3.63, 3.8) is 0 Å². The number of cyclic esters (lactones) is 2. The van der Waals surface area contributed by atoms with Gasteiger partial charge in [0.25, 0.3) is 0 Å². The Balaban J connectivity index is 0.000000159. The number of anilines is 1. The summed E-state index contributed by atoms with van der Waals surface area (Å²) in [6.45, 7) is 9.51. The van der Waals surface area contributed by atoms with Crippen LogP contribution in [0.4, 0.5) is 5.69 Å². The molecule has 4 aliphatic heterocycles. The zero-order chi connectivity index (χ0) is 31.3. The van der Waals surface area contributed by atoms with Crippen LogP contribution in [0.1, 0.15) is 108 Å². The molecule has 2 aromatic rings. The van der Waals surface area contributed by atoms with Crippen LogP contribution in [0.15, 0.2) is 48.5 Å². The molecule has 0 N–H and O–H groups in total. The van der Waals surface area contributed by atoms with Crippen molar-refractivity contribution in [3.8, 4) is 0 Å². The lowest BCUT2D eigenvalue weighted by Gasteiger charge is -2.32. The minimum atomic E-state index is -0.209. The predicted octanol–water partition coefficient (Wildman–Crippen LogP) is 7.65. The Morgan fingerprint density at radius 2 is 1.38 bits per heavy atom. The first kappa shape index (κ1) is 32.1. The van der Waals surface area contributed by atoms with Crippen molar-refractivity contribution in [2.45, 2.75) is 122 Å². The second-order valence-corrected chi connectivity index (χ2v) is 14.4. The molecule has 5 aliphatic rings. The molecule has 45 heavy (non-hydrogen) atoms. The standard InChI is InChI=1S/C20H27NO2.C19H27NO2/c22-19-20(11-4-1-5-12-20)15-17(23-19)10-14-21-13-6-8-16-7-2-3-9-18(16)21;1-3-19(4-2)13-17(22-18(19)21)10-12-20-11-9-15-7-5-6-8-16(15)14-20/h2-3,7,9,17H,1,4-6,8,10-15H2;5-8,17H,3-4,9-14H2,1-2H3. The maximum Gasteiger partial charge on any atom is 0.312 e. The van der Waals surface area contributed by atoms with Gasteiger partial charge in [0.1, 0.15) is 12.2 Å². The molecule has 4 heterocycles. The van der Waals surface area contributed by atoms with Gasteiger partial charge in [-0.1, -0.05) is 75.6 Å². The molecule has 6 nitrogen and oxygen atoms in total. The first-order chi connectivity index (χ1) is 21.9. The summed E-state index contributed by atoms with van der Waals surface area (Å²) in [5.41, 5.74) is 5.46. The van der Waals surface area contributed by atoms with Crippen molar-refractivity contribution in [1.29, 1.82) is 0 Å². The van der Waals surface area contributed by atoms with E-state index in [0.717, 1.165) is 90.5 Å². The number of fused-ring (bicyclic) bond motifs is 2. The molecule has 1 spiro atoms. The van der Waals surface area contributed by atoms with Gasteiger partial charge in [-0.05, 0) is 74.1 Å². The molecule has 3 fully saturated rings. The molecule has 7 rings (SSSR count). The lowest BCUT2D eigenvalue weighted by molar-refractivity contribution is -0.150. The van der Waals surface area contributed by atoms with Crippen LogP contribution in [0.25, 0.3) is 0 Å². The maximum atomic E-state index is 12.4. The first-order valence-corrected chi connectivity index (χ1v) is 18.0. The van der Waals surface area contributed by atoms with Gasteiger partial charge in [0.05, 0.1) is 10.8 Å². The van der Waals surface area contributed by atoms with Crippen molar-refractivity contribution in [1.82, 2.24) is 4.90 Å². The topological polar surface area (TPSA) is 59.1 Å². The van der Waals surface area contributed by atoms with Gasteiger partial charge in [0, 0.05) is 57.7 Å². The van der Waals surface area contributed by atoms with Crippen LogP contribution in [0.5, 0.6) is 0 Å². The van der Waals surface area contributed by atoms with E-state index < -0.39 is 0 Å². The fourth-order valence-corrected chi connectivity index (χ4v) is 8.68. The van der Waals surface area contributed by atoms with E-state index in [9.17, 15) is 9.59 Å². The predicted molar refractivity (Wildman–Crippen MR) is 179 cm³/mol. The van der Waals surface area contributed by atoms with Crippen molar-refractivity contribution in [3.05, 3.63) is 65.2 Å². The summed E-state index contributed by atoms with van der Waals surface area (Å²) in [5, 5.41) is 0. The van der Waals surface area contributed by atoms with Gasteiger partial charge >= 0.3 is 11.9 Å². The van der Waals surface area contributed by atoms with Gasteiger partial charge in [-0.15, -0.1) is 0 Å². The number of carbonyl (C=O) groups is 2. The first-order valence-electron chi connectivity index (χ1n) is 18.0. The Labute approximate surface area is 270 Å². The highest BCUT2D eigenvalue weighted by Gasteiger charge is 2.49. The van der Waals surface area contributed by atoms with E-state index in [2.05, 4.69) is 72.2 Å². The van der Waals surface area contributed by atoms with Crippen molar-refractivity contribution >= 4 is 17.6 Å². The molecule has 2 aromatic carbocycles. The number of esters is 2. The molecule has 0 aromatic heterocycles. The SMILES string of the molecule is CCC1(CC)CC(CCN2CCc3ccccc3C2)OC1=O.O=C1OC(CCN2CCCc3ccccc32)CC12CCCCC2. The fraction of sp³-hybridized carbons (Fsp3) is 0.641. The van der Waals surface area contributed by atoms with Gasteiger partial charge < -0.3 is 14.4 Å². The summed E-state index contributed by atoms with van der Waals surface area (Å²) in [6, 6.07) is 17.5. The summed E-state index contributed by atoms with van der Waals surface area (Å²) in [6.07, 6.45) is 15.2. The molecule has 244 valence electrons. The molecule has 6 heteroatoms. The number of hydrogen-bond acceptors (Lipinski definition) is 6. The number of rotatable bonds is 8. The minimum absolute atomic E-state index is 0.0338. The van der Waals surface area contributed by atoms with Crippen LogP contribution < -0.4 is 4.90 Å². The number of hydrogen-bond donors (Lipinski definition) is 0. The number of aryl methyl sites for hydroxylation is 1. The van der Waals surface area contributed by atoms with E-state index in [1.165, 1.54) is 54.5 Å². The smallest absolute Gasteiger partial charge is 0.312 e. The lowest BCUT2D eigenvalue weighted by atomic mass is 9.72. The highest BCUT2D eigenvalue weighted by molar-refractivity contribution is 5.79. The normalized spacial score (nSPS) is 25.2. The lowest BCUT2D eigenvalue weighted by Crippen LogP contribution is -2.33. The van der Waals surface area contributed by atoms with Crippen molar-refractivity contribution in [2.24, 2.45) is 10.8 Å². The quantitative estimate of drug-likeness (QED) is 0.285. The van der Waals surface area contributed by atoms with E-state index in [4.69, 9.17) is 9.47 Å². The van der Waals surface area contributed by atoms with E-state index in [-0.39, 0.29) is 35.0 Å². The van der Waals surface area contributed by atoms with E-state index in [1.807, 2.05) is 0 Å². The van der Waals surface area contributed by atoms with Crippen LogP contribution in [0.3, 0.4) is 0 Å². The summed E-state index contributed by atoms with van der Waals surface area (Å²) < 4.78 is 11.4. The molecule has 0 bridgehead atoms. The van der Waals surface area contributed by atoms with Gasteiger partial charge in [0.15, 0.2) is 0 Å². The highest BCUT2D eigenvalue weighted by atomic mass is 16.6. The average Bonchev–Trinajstić information content (AvgIpc) is 3.57. The van der Waals surface area contributed by atoms with Gasteiger partial charge in [-0.2, -0.15) is 0 Å². The Morgan fingerprint density at radius 1 is 0.711 bits per heavy atom. The molecule has 2 atom stereocenters. The second-order valence-electron chi connectivity index (χ2n) is 14.4. The molecule has 2 unspecified atom stereocenters. The molecular weight excluding hydrogens is 560 g/mol. The van der Waals surface area contributed by atoms with Gasteiger partial charge in [-0.25, -0.2) is 0 Å². The van der Waals surface area contributed by atoms with Crippen LogP contribution in [0, 0.1) is 10.8 Å². The Bertz CT molecular complexity index is 1310. The van der Waals surface area contributed by atoms with Crippen molar-refractivity contribution < 1.29 is 19.1 Å². The maximum absolute atomic E-state index is 12.4. The number of carbonyl (C=O) groups excluding carboxylic acids is 2. The van der Waals surface area contributed by atoms with E-state index in [0.29, 0.717) is 0 Å². The van der Waals surface area contributed by atoms with Crippen LogP contribution in [-0.4, -0.2) is 55.2 Å². The highest BCUT2D eigenvalue weighted by Crippen LogP contribution is 2.47. The van der Waals surface area contributed by atoms with E-state index >= 15 is 0 Å². The van der Waals surface area contributed by atoms with Crippen LogP contribution in [-0.2, 0) is 38.4 Å². The largest absolute Gasteiger partial charge is 0.462 e. The van der Waals surface area contributed by atoms with Gasteiger partial charge in [-0.3, -0.25) is 14.5 Å². The Kier molecular flexibility index (Phi) is 10.2. The molecule has 2 saturated heterocycles. The third-order valence-corrected chi connectivity index (χ3v) is 11.7. The third kappa shape index (κ3) is 7.11. The molecule has 1 aliphatic carbocycles. The van der Waals surface area contributed by atoms with Crippen LogP contribution >= 0.6 is 0 Å². The van der Waals surface area contributed by atoms with E-state index in [1.54, 1.807) is 0 Å². The minimum Gasteiger partial charge on any atom is -0.462 e. The van der Waals surface area contributed by atoms with Crippen LogP contribution in [0.2, 0.25) is 0 Å². The number of para-hydroxylation sites is 1. The Morgan fingerprint density at radius 3 is 2.13 bits per heavy atom. The number of ether oxygens (including phenoxy) is 2. The van der Waals surface area contributed by atoms with Gasteiger partial charge in [0.2, 0.25) is 0 Å². The summed E-state index contributed by atoms with van der Waals surface area (Å²) in [5.74, 6) is 0.132. The average molecular weight is 615 g/mol. The zero-order valence-corrected chi connectivity index (χ0v) is 27.7. The summed E-state index contributed by atoms with van der Waals surface area (Å²) >= 11 is 0. The van der Waals surface area contributed by atoms with Crippen molar-refractivity contribution in [2.75, 3.05) is 31.1 Å². The molecule has 1 saturated carbocycles. The molecule has 0 radical (unpaired) electrons. The number of nitrogens with zero attached hydrogens (tertiary/aromatic N) is 2. The summed E-state index contributed by atoms with van der Waals surface area (Å²) in [7, 11) is 0. The molecule has 0 amide bonds. The Hall–Kier alpha value is -2.86. The fourth-order valence-electron chi connectivity index (χ4n) is 8.68. The molecular formula is C39H54N2O4. The summed E-state index contributed by atoms with van der Waals surface area (Å²) in [4.78, 5) is 29.5. The zero-order valence-electron chi connectivity index (χ0n) is 27.7. The third-order valence-electron chi connectivity index (χ3n) is 11.7.